The summed E-state index contributed by atoms with van der Waals surface area (Å²) in [5, 5.41) is 11.6. The van der Waals surface area contributed by atoms with Gasteiger partial charge in [0.25, 0.3) is 0 Å². The fourth-order valence-electron chi connectivity index (χ4n) is 5.02. The van der Waals surface area contributed by atoms with Crippen LogP contribution in [0, 0.1) is 12.7 Å². The van der Waals surface area contributed by atoms with Crippen molar-refractivity contribution in [1.29, 1.82) is 0 Å². The molecular formula is C30H33ClFN5O2. The molecule has 1 aliphatic heterocycles. The van der Waals surface area contributed by atoms with Crippen molar-refractivity contribution in [2.24, 2.45) is 7.05 Å². The third kappa shape index (κ3) is 5.18. The van der Waals surface area contributed by atoms with Crippen LogP contribution in [0.25, 0.3) is 27.9 Å². The van der Waals surface area contributed by atoms with Gasteiger partial charge in [-0.25, -0.2) is 9.18 Å². The van der Waals surface area contributed by atoms with Crippen LogP contribution < -0.4 is 10.6 Å². The average Bonchev–Trinajstić information content (AvgIpc) is 3.26. The number of phenolic OH excluding ortho intramolecular Hbond substituents is 1. The number of aromatic nitrogens is 3. The molecule has 5 rings (SSSR count). The Hall–Kier alpha value is -3.62. The maximum absolute atomic E-state index is 15.0. The number of nitrogens with zero attached hydrogens (tertiary/aromatic N) is 5. The normalized spacial score (nSPS) is 16.2. The Labute approximate surface area is 236 Å². The van der Waals surface area contributed by atoms with E-state index in [1.165, 1.54) is 27.5 Å². The van der Waals surface area contributed by atoms with Crippen molar-refractivity contribution < 1.29 is 13.6 Å². The van der Waals surface area contributed by atoms with E-state index in [0.29, 0.717) is 35.6 Å². The van der Waals surface area contributed by atoms with Gasteiger partial charge in [0.15, 0.2) is 0 Å². The van der Waals surface area contributed by atoms with Crippen LogP contribution >= 0.6 is 11.6 Å². The molecular weight excluding hydrogens is 517 g/mol. The maximum Gasteiger partial charge on any atom is 0.332 e. The van der Waals surface area contributed by atoms with Crippen molar-refractivity contribution in [3.8, 4) is 33.7 Å². The fraction of sp³-hybridized carbons (Fsp3) is 0.333. The molecule has 0 unspecified atom stereocenters. The number of aryl methyl sites for hydroxylation is 2. The summed E-state index contributed by atoms with van der Waals surface area (Å²) in [4.78, 5) is 21.0. The number of halogens is 2. The molecule has 0 bridgehead atoms. The fourth-order valence-corrected chi connectivity index (χ4v) is 5.29. The van der Waals surface area contributed by atoms with E-state index in [4.69, 9.17) is 15.7 Å². The Kier molecular flexibility index (Phi) is 6.07. The molecule has 1 N–H and O–H groups in total. The van der Waals surface area contributed by atoms with Crippen LogP contribution in [0.3, 0.4) is 0 Å². The molecule has 7 nitrogen and oxygen atoms in total. The molecule has 0 saturated carbocycles. The molecule has 1 saturated heterocycles. The number of aromatic hydroxyl groups is 1. The monoisotopic (exact) mass is 552 g/mol. The molecule has 0 spiro atoms. The summed E-state index contributed by atoms with van der Waals surface area (Å²) in [5.74, 6) is -0.804. The molecule has 204 valence electrons. The van der Waals surface area contributed by atoms with E-state index in [-0.39, 0.29) is 38.8 Å². The quantitative estimate of drug-likeness (QED) is 0.355. The van der Waals surface area contributed by atoms with Crippen LogP contribution in [-0.2, 0) is 7.05 Å². The highest BCUT2D eigenvalue weighted by Gasteiger charge is 2.27. The largest absolute Gasteiger partial charge is 0.507 e. The zero-order chi connectivity index (χ0) is 30.6. The molecule has 0 amide bonds. The number of rotatable bonds is 4. The number of piperazine rings is 1. The first-order valence-corrected chi connectivity index (χ1v) is 13.1. The van der Waals surface area contributed by atoms with Gasteiger partial charge in [-0.1, -0.05) is 17.7 Å². The third-order valence-corrected chi connectivity index (χ3v) is 7.59. The highest BCUT2D eigenvalue weighted by Crippen LogP contribution is 2.41. The first-order chi connectivity index (χ1) is 19.6. The number of anilines is 1. The van der Waals surface area contributed by atoms with Crippen molar-refractivity contribution in [1.82, 2.24) is 19.0 Å². The lowest BCUT2D eigenvalue weighted by Crippen LogP contribution is -2.53. The number of imidazole rings is 1. The molecule has 39 heavy (non-hydrogen) atoms. The lowest BCUT2D eigenvalue weighted by atomic mass is 9.97. The Bertz CT molecular complexity index is 1700. The molecule has 3 heterocycles. The molecule has 1 fully saturated rings. The van der Waals surface area contributed by atoms with Crippen molar-refractivity contribution in [3.05, 3.63) is 82.0 Å². The summed E-state index contributed by atoms with van der Waals surface area (Å²) < 4.78 is 42.1. The predicted octanol–water partition coefficient (Wildman–Crippen LogP) is 5.63. The Balaban J connectivity index is 1.55. The Morgan fingerprint density at radius 2 is 1.69 bits per heavy atom. The molecule has 1 aliphatic rings. The van der Waals surface area contributed by atoms with E-state index in [1.54, 1.807) is 43.7 Å². The Morgan fingerprint density at radius 3 is 2.28 bits per heavy atom. The number of hydrogen-bond donors (Lipinski definition) is 1. The van der Waals surface area contributed by atoms with E-state index in [1.807, 2.05) is 4.90 Å². The lowest BCUT2D eigenvalue weighted by molar-refractivity contribution is 0.128. The minimum atomic E-state index is -2.45. The Morgan fingerprint density at radius 1 is 1.00 bits per heavy atom. The van der Waals surface area contributed by atoms with Crippen LogP contribution in [0.5, 0.6) is 5.75 Å². The minimum Gasteiger partial charge on any atom is -0.507 e. The van der Waals surface area contributed by atoms with Crippen LogP contribution in [0.2, 0.25) is 5.02 Å². The van der Waals surface area contributed by atoms with E-state index in [0.717, 1.165) is 13.1 Å². The van der Waals surface area contributed by atoms with Gasteiger partial charge in [0.2, 0.25) is 0 Å². The summed E-state index contributed by atoms with van der Waals surface area (Å²) in [7, 11) is 1.63. The molecule has 0 atom stereocenters. The van der Waals surface area contributed by atoms with E-state index >= 15 is 4.39 Å². The SMILES string of the molecule is [2H]C([2H])([2H])c1ncc(-c2cc(F)cc(-c3ccc(-n4ccn(C)c4=O)c(Cl)c3)c2O)cc1N1CCN(C(C)(C)C)CC1. The number of benzene rings is 2. The molecule has 0 radical (unpaired) electrons. The van der Waals surface area contributed by atoms with Crippen LogP contribution in [0.15, 0.2) is 59.8 Å². The zero-order valence-corrected chi connectivity index (χ0v) is 23.1. The highest BCUT2D eigenvalue weighted by molar-refractivity contribution is 6.32. The molecule has 0 aliphatic carbocycles. The van der Waals surface area contributed by atoms with E-state index in [9.17, 15) is 9.90 Å². The summed E-state index contributed by atoms with van der Waals surface area (Å²) in [6.45, 7) is 6.67. The van der Waals surface area contributed by atoms with Gasteiger partial charge in [-0.15, -0.1) is 0 Å². The number of pyridine rings is 1. The molecule has 2 aromatic carbocycles. The van der Waals surface area contributed by atoms with Crippen molar-refractivity contribution in [3.63, 3.8) is 0 Å². The second-order valence-corrected chi connectivity index (χ2v) is 11.2. The molecule has 4 aromatic rings. The average molecular weight is 553 g/mol. The van der Waals surface area contributed by atoms with Crippen LogP contribution in [0.4, 0.5) is 10.1 Å². The lowest BCUT2D eigenvalue weighted by Gasteiger charge is -2.43. The van der Waals surface area contributed by atoms with Gasteiger partial charge in [0.05, 0.1) is 22.1 Å². The van der Waals surface area contributed by atoms with E-state index in [2.05, 4.69) is 30.7 Å². The zero-order valence-electron chi connectivity index (χ0n) is 25.4. The van der Waals surface area contributed by atoms with Gasteiger partial charge in [-0.05, 0) is 63.5 Å². The van der Waals surface area contributed by atoms with Gasteiger partial charge in [-0.3, -0.25) is 14.5 Å². The van der Waals surface area contributed by atoms with Gasteiger partial charge in [-0.2, -0.15) is 0 Å². The second-order valence-electron chi connectivity index (χ2n) is 10.8. The van der Waals surface area contributed by atoms with Crippen LogP contribution in [-0.4, -0.2) is 55.8 Å². The van der Waals surface area contributed by atoms with Crippen molar-refractivity contribution in [2.45, 2.75) is 33.2 Å². The maximum atomic E-state index is 15.0. The summed E-state index contributed by atoms with van der Waals surface area (Å²) in [6.07, 6.45) is 4.56. The van der Waals surface area contributed by atoms with Gasteiger partial charge in [0, 0.05) is 78.2 Å². The predicted molar refractivity (Wildman–Crippen MR) is 155 cm³/mol. The first-order valence-electron chi connectivity index (χ1n) is 14.2. The summed E-state index contributed by atoms with van der Waals surface area (Å²) in [6, 6.07) is 8.91. The highest BCUT2D eigenvalue weighted by atomic mass is 35.5. The van der Waals surface area contributed by atoms with Crippen LogP contribution in [0.1, 0.15) is 30.6 Å². The second kappa shape index (κ2) is 10.2. The third-order valence-electron chi connectivity index (χ3n) is 7.29. The van der Waals surface area contributed by atoms with Crippen molar-refractivity contribution in [2.75, 3.05) is 31.1 Å². The number of hydrogen-bond acceptors (Lipinski definition) is 5. The standard InChI is InChI=1S/C30H33ClFN5O2/c1-19-27(35-9-11-36(12-10-35)30(2,3)4)15-21(18-33-19)24-17-22(32)16-23(28(24)38)20-6-7-26(25(31)14-20)37-13-8-34(5)29(37)39/h6-8,13-18,38H,9-12H2,1-5H3/i1D3. The number of phenols is 1. The smallest absolute Gasteiger partial charge is 0.332 e. The topological polar surface area (TPSA) is 66.5 Å². The van der Waals surface area contributed by atoms with Crippen molar-refractivity contribution >= 4 is 17.3 Å². The van der Waals surface area contributed by atoms with Gasteiger partial charge >= 0.3 is 5.69 Å². The first kappa shape index (κ1) is 23.3. The molecule has 2 aromatic heterocycles. The van der Waals surface area contributed by atoms with E-state index < -0.39 is 12.7 Å². The van der Waals surface area contributed by atoms with Gasteiger partial charge in [0.1, 0.15) is 11.6 Å². The molecule has 9 heteroatoms. The van der Waals surface area contributed by atoms with Gasteiger partial charge < -0.3 is 14.6 Å². The minimum absolute atomic E-state index is 0.0129. The summed E-state index contributed by atoms with van der Waals surface area (Å²) in [5.41, 5.74) is 1.75. The summed E-state index contributed by atoms with van der Waals surface area (Å²) >= 11 is 6.53.